The minimum Gasteiger partial charge on any atom is -0.478 e. The van der Waals surface area contributed by atoms with Crippen LogP contribution in [0.4, 0.5) is 0 Å². The molecule has 2 N–H and O–H groups in total. The fourth-order valence-corrected chi connectivity index (χ4v) is 0.939. The molecule has 0 radical (unpaired) electrons. The van der Waals surface area contributed by atoms with E-state index in [9.17, 15) is 9.59 Å². The summed E-state index contributed by atoms with van der Waals surface area (Å²) in [5.41, 5.74) is 1.56. The van der Waals surface area contributed by atoms with Gasteiger partial charge in [-0.15, -0.1) is 0 Å². The molecule has 1 saturated heterocycles. The van der Waals surface area contributed by atoms with Gasteiger partial charge in [0.2, 0.25) is 0 Å². The monoisotopic (exact) mass is 318 g/mol. The summed E-state index contributed by atoms with van der Waals surface area (Å²) in [5, 5.41) is 16.5. The smallest absolute Gasteiger partial charge is 0.331 e. The molecule has 1 aliphatic heterocycles. The van der Waals surface area contributed by atoms with Crippen LogP contribution in [0.15, 0.2) is 60.2 Å². The highest BCUT2D eigenvalue weighted by molar-refractivity contribution is 5.86. The lowest BCUT2D eigenvalue weighted by atomic mass is 10.2. The van der Waals surface area contributed by atoms with Crippen molar-refractivity contribution in [1.29, 1.82) is 0 Å². The van der Waals surface area contributed by atoms with Gasteiger partial charge in [0.15, 0.2) is 0 Å². The molecule has 23 heavy (non-hydrogen) atoms. The Morgan fingerprint density at radius 3 is 1.91 bits per heavy atom. The van der Waals surface area contributed by atoms with E-state index >= 15 is 0 Å². The molecule has 1 aromatic rings. The Kier molecular flexibility index (Phi) is 10.6. The third-order valence-corrected chi connectivity index (χ3v) is 2.34. The molecular formula is C18H22O5. The fourth-order valence-electron chi connectivity index (χ4n) is 0.939. The topological polar surface area (TPSA) is 87.1 Å². The molecule has 0 aliphatic carbocycles. The maximum atomic E-state index is 10.4. The molecule has 1 fully saturated rings. The quantitative estimate of drug-likeness (QED) is 0.505. The molecule has 1 aromatic carbocycles. The van der Waals surface area contributed by atoms with Crippen LogP contribution in [0.2, 0.25) is 0 Å². The number of carbonyl (C=O) groups is 2. The van der Waals surface area contributed by atoms with Gasteiger partial charge in [0, 0.05) is 11.1 Å². The van der Waals surface area contributed by atoms with Gasteiger partial charge in [-0.2, -0.15) is 0 Å². The Hall–Kier alpha value is -2.66. The first-order chi connectivity index (χ1) is 10.8. The molecule has 124 valence electrons. The molecule has 0 saturated carbocycles. The van der Waals surface area contributed by atoms with E-state index in [0.717, 1.165) is 18.8 Å². The van der Waals surface area contributed by atoms with E-state index in [-0.39, 0.29) is 5.57 Å². The zero-order valence-corrected chi connectivity index (χ0v) is 13.4. The van der Waals surface area contributed by atoms with Crippen LogP contribution in [-0.4, -0.2) is 35.4 Å². The van der Waals surface area contributed by atoms with Gasteiger partial charge in [-0.3, -0.25) is 0 Å². The summed E-state index contributed by atoms with van der Waals surface area (Å²) in [6.07, 6.45) is 5.18. The van der Waals surface area contributed by atoms with Crippen LogP contribution >= 0.6 is 0 Å². The average molecular weight is 318 g/mol. The van der Waals surface area contributed by atoms with Crippen LogP contribution in [-0.2, 0) is 14.3 Å². The van der Waals surface area contributed by atoms with Crippen LogP contribution in [0.3, 0.4) is 0 Å². The van der Waals surface area contributed by atoms with Gasteiger partial charge in [0.25, 0.3) is 0 Å². The molecule has 5 nitrogen and oxygen atoms in total. The number of allylic oxidation sites excluding steroid dienone is 2. The van der Waals surface area contributed by atoms with Crippen LogP contribution in [0.1, 0.15) is 19.4 Å². The second-order valence-electron chi connectivity index (χ2n) is 4.62. The first kappa shape index (κ1) is 20.3. The minimum absolute atomic E-state index is 0.176. The molecule has 0 atom stereocenters. The number of rotatable bonds is 4. The van der Waals surface area contributed by atoms with Crippen molar-refractivity contribution in [2.24, 2.45) is 0 Å². The molecule has 0 spiro atoms. The summed E-state index contributed by atoms with van der Waals surface area (Å²) < 4.78 is 4.50. The molecule has 1 heterocycles. The Balaban J connectivity index is 0.000000440. The van der Waals surface area contributed by atoms with Crippen molar-refractivity contribution in [3.8, 4) is 0 Å². The van der Waals surface area contributed by atoms with E-state index < -0.39 is 11.9 Å². The van der Waals surface area contributed by atoms with Crippen molar-refractivity contribution >= 4 is 18.0 Å². The lowest BCUT2D eigenvalue weighted by molar-refractivity contribution is -0.133. The van der Waals surface area contributed by atoms with Crippen molar-refractivity contribution in [1.82, 2.24) is 0 Å². The Morgan fingerprint density at radius 1 is 1.09 bits per heavy atom. The summed E-state index contributed by atoms with van der Waals surface area (Å²) in [6.45, 7) is 8.17. The Morgan fingerprint density at radius 2 is 1.57 bits per heavy atom. The second kappa shape index (κ2) is 11.9. The van der Waals surface area contributed by atoms with Crippen molar-refractivity contribution < 1.29 is 24.5 Å². The van der Waals surface area contributed by atoms with Crippen LogP contribution in [0.25, 0.3) is 6.08 Å². The number of ether oxygens (including phenoxy) is 1. The molecule has 0 unspecified atom stereocenters. The molecule has 2 rings (SSSR count). The molecule has 5 heteroatoms. The predicted octanol–water partition coefficient (Wildman–Crippen LogP) is 3.39. The van der Waals surface area contributed by atoms with Crippen molar-refractivity contribution in [3.05, 3.63) is 65.8 Å². The normalized spacial score (nSPS) is 12.3. The number of carboxylic acids is 2. The van der Waals surface area contributed by atoms with Crippen molar-refractivity contribution in [3.63, 3.8) is 0 Å². The molecule has 0 amide bonds. The highest BCUT2D eigenvalue weighted by Crippen LogP contribution is 2.02. The van der Waals surface area contributed by atoms with Crippen molar-refractivity contribution in [2.75, 3.05) is 13.2 Å². The summed E-state index contributed by atoms with van der Waals surface area (Å²) in [5.74, 6) is -1.82. The Labute approximate surface area is 136 Å². The summed E-state index contributed by atoms with van der Waals surface area (Å²) in [7, 11) is 0. The van der Waals surface area contributed by atoms with Gasteiger partial charge in [0.05, 0.1) is 13.2 Å². The van der Waals surface area contributed by atoms with E-state index in [0.29, 0.717) is 5.57 Å². The number of hydrogen-bond acceptors (Lipinski definition) is 3. The van der Waals surface area contributed by atoms with Gasteiger partial charge >= 0.3 is 11.9 Å². The minimum atomic E-state index is -0.935. The van der Waals surface area contributed by atoms with E-state index in [1.54, 1.807) is 19.1 Å². The van der Waals surface area contributed by atoms with Gasteiger partial charge in [-0.1, -0.05) is 55.1 Å². The van der Waals surface area contributed by atoms with E-state index in [1.165, 1.54) is 6.92 Å². The zero-order valence-electron chi connectivity index (χ0n) is 13.4. The Bertz CT molecular complexity index is 554. The summed E-state index contributed by atoms with van der Waals surface area (Å²) >= 11 is 0. The lowest BCUT2D eigenvalue weighted by Crippen LogP contribution is -1.94. The van der Waals surface area contributed by atoms with E-state index in [1.807, 2.05) is 36.4 Å². The third-order valence-electron chi connectivity index (χ3n) is 2.34. The maximum Gasteiger partial charge on any atom is 0.331 e. The fraction of sp³-hybridized carbons (Fsp3) is 0.222. The standard InChI is InChI=1S/C12H12O2.C4H6O2.C2H4O/c1-10(12(13)14)6-5-9-11-7-3-2-4-8-11;1-3(2)4(5)6;1-2-3-1/h2-9H,1H3,(H,13,14);1H2,2H3,(H,5,6);1-2H2. The zero-order chi connectivity index (χ0) is 17.7. The summed E-state index contributed by atoms with van der Waals surface area (Å²) in [6, 6.07) is 9.73. The number of hydrogen-bond donors (Lipinski definition) is 2. The number of benzene rings is 1. The van der Waals surface area contributed by atoms with Crippen LogP contribution in [0, 0.1) is 0 Å². The SMILES string of the molecule is C1CO1.C=C(C)C(=O)O.CC(=CC=Cc1ccccc1)C(=O)O. The van der Waals surface area contributed by atoms with E-state index in [4.69, 9.17) is 10.2 Å². The molecule has 0 bridgehead atoms. The van der Waals surface area contributed by atoms with Gasteiger partial charge in [0.1, 0.15) is 0 Å². The number of aliphatic carboxylic acids is 2. The third kappa shape index (κ3) is 14.1. The predicted molar refractivity (Wildman–Crippen MR) is 90.1 cm³/mol. The summed E-state index contributed by atoms with van der Waals surface area (Å²) in [4.78, 5) is 20.0. The molecular weight excluding hydrogens is 296 g/mol. The first-order valence-electron chi connectivity index (χ1n) is 6.94. The highest BCUT2D eigenvalue weighted by atomic mass is 16.6. The van der Waals surface area contributed by atoms with Gasteiger partial charge < -0.3 is 14.9 Å². The molecule has 0 aromatic heterocycles. The average Bonchev–Trinajstić information content (AvgIpc) is 3.37. The lowest BCUT2D eigenvalue weighted by Gasteiger charge is -1.90. The molecule has 1 aliphatic rings. The number of epoxide rings is 1. The van der Waals surface area contributed by atoms with E-state index in [2.05, 4.69) is 11.3 Å². The van der Waals surface area contributed by atoms with Crippen molar-refractivity contribution in [2.45, 2.75) is 13.8 Å². The first-order valence-corrected chi connectivity index (χ1v) is 6.94. The number of carboxylic acid groups (broad SMARTS) is 2. The van der Waals surface area contributed by atoms with Crippen LogP contribution < -0.4 is 0 Å². The van der Waals surface area contributed by atoms with Gasteiger partial charge in [-0.05, 0) is 19.4 Å². The highest BCUT2D eigenvalue weighted by Gasteiger charge is 1.95. The maximum absolute atomic E-state index is 10.4. The van der Waals surface area contributed by atoms with Gasteiger partial charge in [-0.25, -0.2) is 9.59 Å². The second-order valence-corrected chi connectivity index (χ2v) is 4.62. The largest absolute Gasteiger partial charge is 0.478 e. The van der Waals surface area contributed by atoms with Crippen LogP contribution in [0.5, 0.6) is 0 Å².